The molecular weight excluding hydrogens is 248 g/mol. The number of hydrogen-bond donors (Lipinski definition) is 0. The van der Waals surface area contributed by atoms with Crippen molar-refractivity contribution in [1.82, 2.24) is 0 Å². The standard InChI is InChI=1S/C15H25ClO2/c1-2-3-13-10-17-15(18-11-13)14-6-4-12(5-7-14)8-9-16/h8-9,12-15H,2-7,10-11H2,1H3/b9-8+. The zero-order valence-electron chi connectivity index (χ0n) is 11.3. The summed E-state index contributed by atoms with van der Waals surface area (Å²) in [4.78, 5) is 0. The van der Waals surface area contributed by atoms with Crippen molar-refractivity contribution < 1.29 is 9.47 Å². The molecule has 0 bridgehead atoms. The Kier molecular flexibility index (Phi) is 6.00. The second-order valence-corrected chi connectivity index (χ2v) is 5.94. The van der Waals surface area contributed by atoms with Gasteiger partial charge in [0, 0.05) is 17.4 Å². The van der Waals surface area contributed by atoms with Crippen LogP contribution in [0, 0.1) is 17.8 Å². The SMILES string of the molecule is CCCC1COC(C2CCC(/C=C/Cl)CC2)OC1. The lowest BCUT2D eigenvalue weighted by Crippen LogP contribution is -2.38. The number of ether oxygens (including phenoxy) is 2. The molecule has 2 nitrogen and oxygen atoms in total. The molecule has 3 heteroatoms. The van der Waals surface area contributed by atoms with Crippen LogP contribution in [0.5, 0.6) is 0 Å². The molecule has 1 aliphatic heterocycles. The van der Waals surface area contributed by atoms with Gasteiger partial charge in [-0.05, 0) is 38.0 Å². The molecule has 18 heavy (non-hydrogen) atoms. The van der Waals surface area contributed by atoms with Crippen LogP contribution in [0.25, 0.3) is 0 Å². The summed E-state index contributed by atoms with van der Waals surface area (Å²) in [6, 6.07) is 0. The average Bonchev–Trinajstić information content (AvgIpc) is 2.41. The van der Waals surface area contributed by atoms with Crippen LogP contribution < -0.4 is 0 Å². The molecule has 0 aromatic rings. The summed E-state index contributed by atoms with van der Waals surface area (Å²) in [6.07, 6.45) is 9.46. The van der Waals surface area contributed by atoms with Gasteiger partial charge in [-0.15, -0.1) is 0 Å². The first-order valence-corrected chi connectivity index (χ1v) is 7.77. The van der Waals surface area contributed by atoms with Gasteiger partial charge in [0.2, 0.25) is 0 Å². The highest BCUT2D eigenvalue weighted by atomic mass is 35.5. The van der Waals surface area contributed by atoms with E-state index >= 15 is 0 Å². The Morgan fingerprint density at radius 1 is 1.11 bits per heavy atom. The zero-order chi connectivity index (χ0) is 12.8. The fraction of sp³-hybridized carbons (Fsp3) is 0.867. The molecule has 104 valence electrons. The number of allylic oxidation sites excluding steroid dienone is 1. The topological polar surface area (TPSA) is 18.5 Å². The average molecular weight is 273 g/mol. The van der Waals surface area contributed by atoms with Gasteiger partial charge in [0.1, 0.15) is 0 Å². The molecule has 1 saturated heterocycles. The predicted molar refractivity (Wildman–Crippen MR) is 74.5 cm³/mol. The van der Waals surface area contributed by atoms with Crippen molar-refractivity contribution in [3.05, 3.63) is 11.6 Å². The summed E-state index contributed by atoms with van der Waals surface area (Å²) >= 11 is 5.64. The molecule has 0 N–H and O–H groups in total. The molecule has 0 atom stereocenters. The Morgan fingerprint density at radius 3 is 2.33 bits per heavy atom. The van der Waals surface area contributed by atoms with Gasteiger partial charge in [0.05, 0.1) is 13.2 Å². The number of halogens is 1. The van der Waals surface area contributed by atoms with Crippen molar-refractivity contribution in [3.63, 3.8) is 0 Å². The van der Waals surface area contributed by atoms with Crippen LogP contribution in [0.3, 0.4) is 0 Å². The van der Waals surface area contributed by atoms with Crippen LogP contribution in [0.1, 0.15) is 45.4 Å². The number of hydrogen-bond acceptors (Lipinski definition) is 2. The largest absolute Gasteiger partial charge is 0.352 e. The van der Waals surface area contributed by atoms with Crippen LogP contribution in [0.4, 0.5) is 0 Å². The predicted octanol–water partition coefficient (Wildman–Crippen LogP) is 4.33. The van der Waals surface area contributed by atoms with E-state index in [0.29, 0.717) is 17.8 Å². The van der Waals surface area contributed by atoms with Gasteiger partial charge in [0.25, 0.3) is 0 Å². The summed E-state index contributed by atoms with van der Waals surface area (Å²) in [5.74, 6) is 1.87. The molecule has 0 aromatic carbocycles. The van der Waals surface area contributed by atoms with E-state index < -0.39 is 0 Å². The minimum Gasteiger partial charge on any atom is -0.352 e. The Balaban J connectivity index is 1.71. The Morgan fingerprint density at radius 2 is 1.78 bits per heavy atom. The Hall–Kier alpha value is -0.0500. The molecule has 0 aromatic heterocycles. The zero-order valence-corrected chi connectivity index (χ0v) is 12.1. The van der Waals surface area contributed by atoms with E-state index in [1.54, 1.807) is 5.54 Å². The molecule has 1 heterocycles. The fourth-order valence-corrected chi connectivity index (χ4v) is 3.32. The van der Waals surface area contributed by atoms with Gasteiger partial charge >= 0.3 is 0 Å². The second-order valence-electron chi connectivity index (χ2n) is 5.68. The van der Waals surface area contributed by atoms with Crippen LogP contribution in [0.15, 0.2) is 11.6 Å². The molecule has 2 fully saturated rings. The molecule has 0 amide bonds. The minimum absolute atomic E-state index is 0.0547. The van der Waals surface area contributed by atoms with Gasteiger partial charge in [-0.3, -0.25) is 0 Å². The molecule has 0 radical (unpaired) electrons. The Labute approximate surface area is 116 Å². The van der Waals surface area contributed by atoms with Crippen molar-refractivity contribution in [2.24, 2.45) is 17.8 Å². The summed E-state index contributed by atoms with van der Waals surface area (Å²) in [7, 11) is 0. The lowest BCUT2D eigenvalue weighted by atomic mass is 9.81. The smallest absolute Gasteiger partial charge is 0.160 e. The normalized spacial score (nSPS) is 38.1. The molecule has 0 spiro atoms. The third-order valence-electron chi connectivity index (χ3n) is 4.24. The van der Waals surface area contributed by atoms with E-state index in [-0.39, 0.29) is 6.29 Å². The first-order valence-electron chi connectivity index (χ1n) is 7.33. The monoisotopic (exact) mass is 272 g/mol. The minimum atomic E-state index is 0.0547. The summed E-state index contributed by atoms with van der Waals surface area (Å²) in [5, 5.41) is 0. The van der Waals surface area contributed by atoms with Crippen molar-refractivity contribution in [1.29, 1.82) is 0 Å². The molecule has 2 aliphatic rings. The fourth-order valence-electron chi connectivity index (χ4n) is 3.12. The highest BCUT2D eigenvalue weighted by Crippen LogP contribution is 2.34. The van der Waals surface area contributed by atoms with E-state index in [2.05, 4.69) is 13.0 Å². The summed E-state index contributed by atoms with van der Waals surface area (Å²) in [5.41, 5.74) is 1.66. The van der Waals surface area contributed by atoms with Gasteiger partial charge in [0.15, 0.2) is 6.29 Å². The van der Waals surface area contributed by atoms with Crippen molar-refractivity contribution in [2.45, 2.75) is 51.7 Å². The maximum absolute atomic E-state index is 5.91. The maximum atomic E-state index is 5.91. The van der Waals surface area contributed by atoms with Crippen molar-refractivity contribution in [2.75, 3.05) is 13.2 Å². The van der Waals surface area contributed by atoms with E-state index in [9.17, 15) is 0 Å². The van der Waals surface area contributed by atoms with Gasteiger partial charge in [-0.25, -0.2) is 0 Å². The molecular formula is C15H25ClO2. The molecule has 1 aliphatic carbocycles. The highest BCUT2D eigenvalue weighted by molar-refractivity contribution is 6.25. The third-order valence-corrected chi connectivity index (χ3v) is 4.38. The summed E-state index contributed by atoms with van der Waals surface area (Å²) in [6.45, 7) is 4.00. The molecule has 0 unspecified atom stereocenters. The highest BCUT2D eigenvalue weighted by Gasteiger charge is 2.31. The van der Waals surface area contributed by atoms with E-state index in [4.69, 9.17) is 21.1 Å². The van der Waals surface area contributed by atoms with Crippen LogP contribution in [0.2, 0.25) is 0 Å². The van der Waals surface area contributed by atoms with E-state index in [0.717, 1.165) is 13.2 Å². The Bertz CT molecular complexity index is 251. The lowest BCUT2D eigenvalue weighted by Gasteiger charge is -2.37. The first kappa shape index (κ1) is 14.4. The van der Waals surface area contributed by atoms with Crippen molar-refractivity contribution in [3.8, 4) is 0 Å². The maximum Gasteiger partial charge on any atom is 0.160 e. The third kappa shape index (κ3) is 3.97. The van der Waals surface area contributed by atoms with Gasteiger partial charge < -0.3 is 9.47 Å². The van der Waals surface area contributed by atoms with E-state index in [1.165, 1.54) is 38.5 Å². The first-order chi connectivity index (χ1) is 8.83. The second kappa shape index (κ2) is 7.52. The van der Waals surface area contributed by atoms with Crippen LogP contribution >= 0.6 is 11.6 Å². The van der Waals surface area contributed by atoms with Gasteiger partial charge in [-0.2, -0.15) is 0 Å². The number of rotatable bonds is 4. The molecule has 2 rings (SSSR count). The van der Waals surface area contributed by atoms with Crippen LogP contribution in [-0.2, 0) is 9.47 Å². The van der Waals surface area contributed by atoms with Gasteiger partial charge in [-0.1, -0.05) is 31.0 Å². The molecule has 1 saturated carbocycles. The van der Waals surface area contributed by atoms with E-state index in [1.807, 2.05) is 0 Å². The lowest BCUT2D eigenvalue weighted by molar-refractivity contribution is -0.229. The summed E-state index contributed by atoms with van der Waals surface area (Å²) < 4.78 is 11.8. The van der Waals surface area contributed by atoms with Crippen molar-refractivity contribution >= 4 is 11.6 Å². The quantitative estimate of drug-likeness (QED) is 0.758. The van der Waals surface area contributed by atoms with Crippen LogP contribution in [-0.4, -0.2) is 19.5 Å².